The number of alkyl halides is 4. The SMILES string of the molecule is CCCC1CCC(c2ccc(C(F)(F)Oc3ccc(C(F)(F)Oc4cc(F)c(F)c(F)c4)c(F)c3F)c(F)c2F)CC1. The van der Waals surface area contributed by atoms with E-state index in [2.05, 4.69) is 9.47 Å². The molecule has 0 amide bonds. The Morgan fingerprint density at radius 3 is 1.74 bits per heavy atom. The fraction of sp³-hybridized carbons (Fsp3) is 0.379. The van der Waals surface area contributed by atoms with Crippen LogP contribution in [0.5, 0.6) is 11.5 Å². The van der Waals surface area contributed by atoms with Crippen molar-refractivity contribution < 1.29 is 57.8 Å². The highest BCUT2D eigenvalue weighted by Gasteiger charge is 2.43. The molecule has 42 heavy (non-hydrogen) atoms. The molecule has 2 nitrogen and oxygen atoms in total. The first-order valence-corrected chi connectivity index (χ1v) is 12.9. The van der Waals surface area contributed by atoms with Gasteiger partial charge >= 0.3 is 12.2 Å². The first-order chi connectivity index (χ1) is 19.7. The van der Waals surface area contributed by atoms with Gasteiger partial charge < -0.3 is 9.47 Å². The topological polar surface area (TPSA) is 18.5 Å². The van der Waals surface area contributed by atoms with Crippen LogP contribution in [0.2, 0.25) is 0 Å². The summed E-state index contributed by atoms with van der Waals surface area (Å²) in [7, 11) is 0. The lowest BCUT2D eigenvalue weighted by Crippen LogP contribution is -2.27. The Morgan fingerprint density at radius 1 is 0.643 bits per heavy atom. The van der Waals surface area contributed by atoms with Crippen LogP contribution in [0, 0.1) is 46.6 Å². The van der Waals surface area contributed by atoms with Crippen molar-refractivity contribution >= 4 is 0 Å². The minimum atomic E-state index is -4.84. The van der Waals surface area contributed by atoms with E-state index in [0.29, 0.717) is 24.8 Å². The molecule has 3 aromatic carbocycles. The third-order valence-corrected chi connectivity index (χ3v) is 7.21. The van der Waals surface area contributed by atoms with Gasteiger partial charge in [0.05, 0.1) is 0 Å². The molecule has 0 saturated heterocycles. The molecule has 0 radical (unpaired) electrons. The molecule has 0 N–H and O–H groups in total. The second-order valence-electron chi connectivity index (χ2n) is 10.0. The molecule has 0 bridgehead atoms. The first kappa shape index (κ1) is 31.4. The number of benzene rings is 3. The predicted octanol–water partition coefficient (Wildman–Crippen LogP) is 9.99. The van der Waals surface area contributed by atoms with Gasteiger partial charge in [0, 0.05) is 12.1 Å². The fourth-order valence-electron chi connectivity index (χ4n) is 5.10. The molecule has 0 spiro atoms. The van der Waals surface area contributed by atoms with E-state index in [0.717, 1.165) is 31.7 Å². The summed E-state index contributed by atoms with van der Waals surface area (Å²) < 4.78 is 165. The van der Waals surface area contributed by atoms with Crippen molar-refractivity contribution in [2.24, 2.45) is 5.92 Å². The largest absolute Gasteiger partial charge is 0.429 e. The Bertz CT molecular complexity index is 1430. The molecular formula is C29H23F11O2. The Hall–Kier alpha value is -3.51. The number of hydrogen-bond donors (Lipinski definition) is 0. The van der Waals surface area contributed by atoms with Gasteiger partial charge in [-0.05, 0) is 61.3 Å². The summed E-state index contributed by atoms with van der Waals surface area (Å²) in [5.41, 5.74) is -3.65. The summed E-state index contributed by atoms with van der Waals surface area (Å²) in [6.07, 6.45) is -5.06. The van der Waals surface area contributed by atoms with Crippen LogP contribution in [0.25, 0.3) is 0 Å². The van der Waals surface area contributed by atoms with Gasteiger partial charge in [0.25, 0.3) is 0 Å². The normalized spacial score (nSPS) is 17.8. The van der Waals surface area contributed by atoms with E-state index < -0.39 is 81.5 Å². The molecule has 0 aromatic heterocycles. The van der Waals surface area contributed by atoms with Crippen LogP contribution in [0.1, 0.15) is 68.1 Å². The number of hydrogen-bond acceptors (Lipinski definition) is 2. The summed E-state index contributed by atoms with van der Waals surface area (Å²) in [6.45, 7) is 2.03. The number of ether oxygens (including phenoxy) is 2. The van der Waals surface area contributed by atoms with Crippen molar-refractivity contribution in [3.8, 4) is 11.5 Å². The third kappa shape index (κ3) is 6.29. The molecule has 1 fully saturated rings. The van der Waals surface area contributed by atoms with Gasteiger partial charge in [0.15, 0.2) is 40.7 Å². The zero-order valence-electron chi connectivity index (χ0n) is 21.8. The van der Waals surface area contributed by atoms with Gasteiger partial charge in [-0.3, -0.25) is 0 Å². The van der Waals surface area contributed by atoms with E-state index in [1.54, 1.807) is 0 Å². The van der Waals surface area contributed by atoms with Crippen LogP contribution >= 0.6 is 0 Å². The van der Waals surface area contributed by atoms with E-state index in [9.17, 15) is 48.3 Å². The van der Waals surface area contributed by atoms with Gasteiger partial charge in [0.1, 0.15) is 16.9 Å². The van der Waals surface area contributed by atoms with Crippen LogP contribution in [0.3, 0.4) is 0 Å². The van der Waals surface area contributed by atoms with Crippen molar-refractivity contribution in [3.05, 3.63) is 93.8 Å². The van der Waals surface area contributed by atoms with Crippen LogP contribution in [-0.4, -0.2) is 0 Å². The quantitative estimate of drug-likeness (QED) is 0.177. The number of halogens is 11. The highest BCUT2D eigenvalue weighted by Crippen LogP contribution is 2.43. The van der Waals surface area contributed by atoms with Crippen molar-refractivity contribution in [1.82, 2.24) is 0 Å². The fourth-order valence-corrected chi connectivity index (χ4v) is 5.10. The lowest BCUT2D eigenvalue weighted by Gasteiger charge is -2.29. The summed E-state index contributed by atoms with van der Waals surface area (Å²) in [5.74, 6) is -17.1. The molecule has 13 heteroatoms. The average molecular weight is 612 g/mol. The standard InChI is InChI=1S/C29H23F11O2/c1-2-3-14-4-6-15(7-5-14)17-8-9-18(24(33)23(17)32)29(39,40)42-22-11-10-19(25(34)27(22)36)28(37,38)41-16-12-20(30)26(35)21(31)13-16/h8-15H,2-7H2,1H3. The van der Waals surface area contributed by atoms with Gasteiger partial charge in [-0.1, -0.05) is 25.8 Å². The minimum Gasteiger partial charge on any atom is -0.429 e. The first-order valence-electron chi connectivity index (χ1n) is 12.9. The second-order valence-corrected chi connectivity index (χ2v) is 10.0. The molecule has 0 atom stereocenters. The molecule has 1 aliphatic carbocycles. The molecule has 1 saturated carbocycles. The predicted molar refractivity (Wildman–Crippen MR) is 128 cm³/mol. The average Bonchev–Trinajstić information content (AvgIpc) is 2.91. The molecule has 3 aromatic rings. The molecule has 1 aliphatic rings. The van der Waals surface area contributed by atoms with Crippen LogP contribution in [0.4, 0.5) is 48.3 Å². The lowest BCUT2D eigenvalue weighted by atomic mass is 9.77. The van der Waals surface area contributed by atoms with Gasteiger partial charge in [-0.15, -0.1) is 0 Å². The van der Waals surface area contributed by atoms with Crippen LogP contribution in [-0.2, 0) is 12.2 Å². The van der Waals surface area contributed by atoms with Crippen LogP contribution < -0.4 is 9.47 Å². The second kappa shape index (κ2) is 12.0. The summed E-state index contributed by atoms with van der Waals surface area (Å²) >= 11 is 0. The Balaban J connectivity index is 1.55. The van der Waals surface area contributed by atoms with Gasteiger partial charge in [0.2, 0.25) is 5.82 Å². The van der Waals surface area contributed by atoms with Crippen molar-refractivity contribution in [1.29, 1.82) is 0 Å². The van der Waals surface area contributed by atoms with E-state index in [-0.39, 0.29) is 29.8 Å². The van der Waals surface area contributed by atoms with E-state index in [1.165, 1.54) is 0 Å². The van der Waals surface area contributed by atoms with Crippen molar-refractivity contribution in [2.45, 2.75) is 63.6 Å². The highest BCUT2D eigenvalue weighted by atomic mass is 19.3. The number of rotatable bonds is 9. The molecule has 228 valence electrons. The smallest absolute Gasteiger partial charge is 0.429 e. The van der Waals surface area contributed by atoms with Crippen LogP contribution in [0.15, 0.2) is 36.4 Å². The Morgan fingerprint density at radius 2 is 1.17 bits per heavy atom. The third-order valence-electron chi connectivity index (χ3n) is 7.21. The molecular weight excluding hydrogens is 589 g/mol. The van der Waals surface area contributed by atoms with Gasteiger partial charge in [-0.25, -0.2) is 26.3 Å². The molecule has 4 rings (SSSR count). The van der Waals surface area contributed by atoms with E-state index in [4.69, 9.17) is 0 Å². The Kier molecular flexibility index (Phi) is 8.98. The van der Waals surface area contributed by atoms with Crippen molar-refractivity contribution in [3.63, 3.8) is 0 Å². The summed E-state index contributed by atoms with van der Waals surface area (Å²) in [5, 5.41) is 0. The maximum Gasteiger partial charge on any atom is 0.429 e. The monoisotopic (exact) mass is 612 g/mol. The lowest BCUT2D eigenvalue weighted by molar-refractivity contribution is -0.191. The zero-order chi connectivity index (χ0) is 31.0. The van der Waals surface area contributed by atoms with Gasteiger partial charge in [-0.2, -0.15) is 22.0 Å². The zero-order valence-corrected chi connectivity index (χ0v) is 21.8. The van der Waals surface area contributed by atoms with Crippen molar-refractivity contribution in [2.75, 3.05) is 0 Å². The maximum absolute atomic E-state index is 14.9. The molecule has 0 aliphatic heterocycles. The van der Waals surface area contributed by atoms with E-state index >= 15 is 0 Å². The molecule has 0 unspecified atom stereocenters. The van der Waals surface area contributed by atoms with E-state index in [1.807, 2.05) is 6.92 Å². The maximum atomic E-state index is 14.9. The summed E-state index contributed by atoms with van der Waals surface area (Å²) in [4.78, 5) is 0. The highest BCUT2D eigenvalue weighted by molar-refractivity contribution is 5.36. The molecule has 0 heterocycles. The minimum absolute atomic E-state index is 0.00894. The Labute approximate surface area is 233 Å². The summed E-state index contributed by atoms with van der Waals surface area (Å²) in [6, 6.07) is 1.74.